The fourth-order valence-corrected chi connectivity index (χ4v) is 3.85. The first-order valence-electron chi connectivity index (χ1n) is 9.25. The van der Waals surface area contributed by atoms with E-state index in [1.54, 1.807) is 0 Å². The maximum Gasteiger partial charge on any atom is 0.309 e. The number of carbonyl (C=O) groups is 1. The Morgan fingerprint density at radius 1 is 1.09 bits per heavy atom. The van der Waals surface area contributed by atoms with Gasteiger partial charge in [0.1, 0.15) is 0 Å². The Balaban J connectivity index is 1.55. The lowest BCUT2D eigenvalue weighted by molar-refractivity contribution is -0.143. The van der Waals surface area contributed by atoms with Crippen LogP contribution in [0.2, 0.25) is 0 Å². The van der Waals surface area contributed by atoms with Crippen molar-refractivity contribution in [3.05, 3.63) is 34.9 Å². The zero-order chi connectivity index (χ0) is 16.5. The van der Waals surface area contributed by atoms with Crippen LogP contribution in [0.4, 0.5) is 0 Å². The molecule has 2 aliphatic rings. The smallest absolute Gasteiger partial charge is 0.309 e. The summed E-state index contributed by atoms with van der Waals surface area (Å²) in [6.45, 7) is 4.61. The fourth-order valence-electron chi connectivity index (χ4n) is 3.85. The summed E-state index contributed by atoms with van der Waals surface area (Å²) in [5.74, 6) is -0.583. The minimum Gasteiger partial charge on any atom is -0.481 e. The Hall–Kier alpha value is -1.31. The Labute approximate surface area is 140 Å². The van der Waals surface area contributed by atoms with Crippen molar-refractivity contribution in [1.82, 2.24) is 0 Å². The molecule has 2 heteroatoms. The lowest BCUT2D eigenvalue weighted by Crippen LogP contribution is -2.15. The molecule has 0 aromatic heterocycles. The summed E-state index contributed by atoms with van der Waals surface area (Å²) in [6, 6.07) is 6.65. The maximum atomic E-state index is 11.3. The summed E-state index contributed by atoms with van der Waals surface area (Å²) in [5.41, 5.74) is 4.62. The quantitative estimate of drug-likeness (QED) is 0.671. The van der Waals surface area contributed by atoms with Gasteiger partial charge in [0.25, 0.3) is 0 Å². The van der Waals surface area contributed by atoms with Crippen molar-refractivity contribution in [1.29, 1.82) is 0 Å². The molecule has 3 rings (SSSR count). The zero-order valence-electron chi connectivity index (χ0n) is 14.7. The van der Waals surface area contributed by atoms with Crippen LogP contribution in [0, 0.1) is 17.8 Å². The fraction of sp³-hybridized carbons (Fsp3) is 0.667. The number of benzene rings is 1. The van der Waals surface area contributed by atoms with Gasteiger partial charge in [-0.15, -0.1) is 0 Å². The molecule has 0 spiro atoms. The normalized spacial score (nSPS) is 20.3. The van der Waals surface area contributed by atoms with Gasteiger partial charge in [0, 0.05) is 0 Å². The van der Waals surface area contributed by atoms with Crippen LogP contribution in [0.1, 0.15) is 75.0 Å². The van der Waals surface area contributed by atoms with E-state index in [0.29, 0.717) is 5.41 Å². The molecule has 23 heavy (non-hydrogen) atoms. The van der Waals surface area contributed by atoms with Crippen molar-refractivity contribution in [3.8, 4) is 0 Å². The van der Waals surface area contributed by atoms with Crippen LogP contribution in [0.25, 0.3) is 0 Å². The molecule has 1 N–H and O–H groups in total. The van der Waals surface area contributed by atoms with E-state index in [-0.39, 0.29) is 5.41 Å². The first kappa shape index (κ1) is 16.5. The highest BCUT2D eigenvalue weighted by molar-refractivity contribution is 5.77. The van der Waals surface area contributed by atoms with Crippen LogP contribution in [0.5, 0.6) is 0 Å². The summed E-state index contributed by atoms with van der Waals surface area (Å²) in [7, 11) is 0. The predicted octanol–water partition coefficient (Wildman–Crippen LogP) is 5.31. The molecule has 0 radical (unpaired) electrons. The third-order valence-corrected chi connectivity index (χ3v) is 6.23. The Morgan fingerprint density at radius 3 is 2.39 bits per heavy atom. The monoisotopic (exact) mass is 314 g/mol. The SMILES string of the molecule is Cc1cccc(CCCC2(C)CC2)c1CCCC1(C(=O)O)CC1. The molecular formula is C21H30O2. The highest BCUT2D eigenvalue weighted by atomic mass is 16.4. The van der Waals surface area contributed by atoms with Gasteiger partial charge in [-0.3, -0.25) is 4.79 Å². The second-order valence-electron chi connectivity index (χ2n) is 8.32. The van der Waals surface area contributed by atoms with Gasteiger partial charge in [-0.2, -0.15) is 0 Å². The van der Waals surface area contributed by atoms with E-state index in [2.05, 4.69) is 32.0 Å². The van der Waals surface area contributed by atoms with Crippen LogP contribution in [-0.4, -0.2) is 11.1 Å². The molecule has 0 atom stereocenters. The van der Waals surface area contributed by atoms with Crippen LogP contribution in [-0.2, 0) is 17.6 Å². The standard InChI is InChI=1S/C21H30O2/c1-16-6-3-7-17(8-4-10-20(2)12-13-20)18(16)9-5-11-21(14-15-21)19(22)23/h3,6-7H,4-5,8-15H2,1-2H3,(H,22,23). The first-order chi connectivity index (χ1) is 10.9. The van der Waals surface area contributed by atoms with Crippen LogP contribution < -0.4 is 0 Å². The topological polar surface area (TPSA) is 37.3 Å². The number of rotatable bonds is 9. The average molecular weight is 314 g/mol. The Kier molecular flexibility index (Phi) is 4.53. The number of hydrogen-bond acceptors (Lipinski definition) is 1. The molecule has 0 bridgehead atoms. The van der Waals surface area contributed by atoms with E-state index in [0.717, 1.165) is 32.1 Å². The molecule has 0 aliphatic heterocycles. The predicted molar refractivity (Wildman–Crippen MR) is 93.7 cm³/mol. The van der Waals surface area contributed by atoms with Gasteiger partial charge < -0.3 is 5.11 Å². The lowest BCUT2D eigenvalue weighted by atomic mass is 9.90. The second-order valence-corrected chi connectivity index (χ2v) is 8.32. The summed E-state index contributed by atoms with van der Waals surface area (Å²) in [5, 5.41) is 9.31. The number of hydrogen-bond donors (Lipinski definition) is 1. The molecule has 2 saturated carbocycles. The van der Waals surface area contributed by atoms with Gasteiger partial charge in [-0.1, -0.05) is 25.1 Å². The highest BCUT2D eigenvalue weighted by Gasteiger charge is 2.49. The van der Waals surface area contributed by atoms with E-state index in [1.807, 2.05) is 0 Å². The minimum atomic E-state index is -0.583. The van der Waals surface area contributed by atoms with Gasteiger partial charge in [0.2, 0.25) is 0 Å². The van der Waals surface area contributed by atoms with Crippen molar-refractivity contribution in [2.75, 3.05) is 0 Å². The van der Waals surface area contributed by atoms with E-state index in [1.165, 1.54) is 48.8 Å². The van der Waals surface area contributed by atoms with Crippen molar-refractivity contribution in [2.24, 2.45) is 10.8 Å². The van der Waals surface area contributed by atoms with Gasteiger partial charge in [-0.25, -0.2) is 0 Å². The van der Waals surface area contributed by atoms with Gasteiger partial charge >= 0.3 is 5.97 Å². The van der Waals surface area contributed by atoms with Crippen molar-refractivity contribution < 1.29 is 9.90 Å². The van der Waals surface area contributed by atoms with E-state index < -0.39 is 5.97 Å². The van der Waals surface area contributed by atoms with Crippen molar-refractivity contribution in [2.45, 2.75) is 78.1 Å². The molecule has 0 heterocycles. The summed E-state index contributed by atoms with van der Waals surface area (Å²) in [6.07, 6.45) is 11.3. The Morgan fingerprint density at radius 2 is 1.78 bits per heavy atom. The third kappa shape index (κ3) is 3.97. The molecule has 1 aromatic carbocycles. The van der Waals surface area contributed by atoms with Crippen LogP contribution >= 0.6 is 0 Å². The summed E-state index contributed by atoms with van der Waals surface area (Å²) >= 11 is 0. The number of aryl methyl sites for hydroxylation is 2. The van der Waals surface area contributed by atoms with Crippen LogP contribution in [0.3, 0.4) is 0 Å². The van der Waals surface area contributed by atoms with Crippen molar-refractivity contribution in [3.63, 3.8) is 0 Å². The summed E-state index contributed by atoms with van der Waals surface area (Å²) < 4.78 is 0. The van der Waals surface area contributed by atoms with E-state index in [4.69, 9.17) is 0 Å². The molecular weight excluding hydrogens is 284 g/mol. The van der Waals surface area contributed by atoms with Crippen LogP contribution in [0.15, 0.2) is 18.2 Å². The summed E-state index contributed by atoms with van der Waals surface area (Å²) in [4.78, 5) is 11.3. The highest BCUT2D eigenvalue weighted by Crippen LogP contribution is 2.50. The second kappa shape index (κ2) is 6.30. The molecule has 1 aromatic rings. The number of carboxylic acids is 1. The molecule has 0 unspecified atom stereocenters. The molecule has 2 aliphatic carbocycles. The molecule has 0 amide bonds. The van der Waals surface area contributed by atoms with Gasteiger partial charge in [-0.05, 0) is 93.2 Å². The lowest BCUT2D eigenvalue weighted by Gasteiger charge is -2.15. The zero-order valence-corrected chi connectivity index (χ0v) is 14.7. The largest absolute Gasteiger partial charge is 0.481 e. The van der Waals surface area contributed by atoms with E-state index >= 15 is 0 Å². The van der Waals surface area contributed by atoms with Gasteiger partial charge in [0.05, 0.1) is 5.41 Å². The first-order valence-corrected chi connectivity index (χ1v) is 9.25. The molecule has 0 saturated heterocycles. The molecule has 126 valence electrons. The maximum absolute atomic E-state index is 11.3. The third-order valence-electron chi connectivity index (χ3n) is 6.23. The minimum absolute atomic E-state index is 0.372. The van der Waals surface area contributed by atoms with Gasteiger partial charge in [0.15, 0.2) is 0 Å². The average Bonchev–Trinajstić information content (AvgIpc) is 3.40. The molecule has 2 fully saturated rings. The number of aliphatic carboxylic acids is 1. The van der Waals surface area contributed by atoms with E-state index in [9.17, 15) is 9.90 Å². The Bertz CT molecular complexity index is 580. The number of carboxylic acid groups (broad SMARTS) is 1. The van der Waals surface area contributed by atoms with Crippen molar-refractivity contribution >= 4 is 5.97 Å². The molecule has 2 nitrogen and oxygen atoms in total.